The monoisotopic (exact) mass is 444 g/mol. The summed E-state index contributed by atoms with van der Waals surface area (Å²) in [6.45, 7) is 4.77. The molecule has 0 atom stereocenters. The molecule has 0 saturated heterocycles. The number of rotatable bonds is 10. The van der Waals surface area contributed by atoms with Crippen molar-refractivity contribution in [3.8, 4) is 22.5 Å². The molecule has 2 heterocycles. The molecule has 0 fully saturated rings. The molecule has 0 aliphatic heterocycles. The average molecular weight is 445 g/mol. The maximum atomic E-state index is 12.1. The molecule has 0 unspecified atom stereocenters. The van der Waals surface area contributed by atoms with Gasteiger partial charge in [-0.15, -0.1) is 10.2 Å². The Labute approximate surface area is 192 Å². The number of aromatic nitrogens is 6. The van der Waals surface area contributed by atoms with Crippen molar-refractivity contribution in [3.63, 3.8) is 0 Å². The van der Waals surface area contributed by atoms with Crippen molar-refractivity contribution in [1.29, 1.82) is 0 Å². The lowest BCUT2D eigenvalue weighted by Crippen LogP contribution is -2.11. The Balaban J connectivity index is 1.66. The number of hydrogen-bond acceptors (Lipinski definition) is 5. The summed E-state index contributed by atoms with van der Waals surface area (Å²) in [5.41, 5.74) is 6.02. The van der Waals surface area contributed by atoms with Gasteiger partial charge in [0.05, 0.1) is 5.69 Å². The summed E-state index contributed by atoms with van der Waals surface area (Å²) in [7, 11) is 0. The maximum absolute atomic E-state index is 12.1. The number of nitrogens with zero attached hydrogens (tertiary/aromatic N) is 5. The molecule has 0 aliphatic rings. The van der Waals surface area contributed by atoms with Crippen molar-refractivity contribution in [2.75, 3.05) is 0 Å². The van der Waals surface area contributed by atoms with Crippen molar-refractivity contribution < 1.29 is 9.90 Å². The second-order valence-electron chi connectivity index (χ2n) is 8.06. The van der Waals surface area contributed by atoms with Crippen LogP contribution in [0, 0.1) is 0 Å². The smallest absolute Gasteiger partial charge is 0.354 e. The van der Waals surface area contributed by atoms with E-state index >= 15 is 0 Å². The van der Waals surface area contributed by atoms with Crippen LogP contribution in [0.15, 0.2) is 48.5 Å². The first-order valence-electron chi connectivity index (χ1n) is 11.4. The lowest BCUT2D eigenvalue weighted by atomic mass is 9.95. The topological polar surface area (TPSA) is 110 Å². The number of tetrazole rings is 1. The number of carboxylic acids is 1. The third-order valence-corrected chi connectivity index (χ3v) is 5.70. The number of hydrogen-bond donors (Lipinski definition) is 2. The molecule has 4 rings (SSSR count). The van der Waals surface area contributed by atoms with E-state index in [-0.39, 0.29) is 0 Å². The molecule has 8 nitrogen and oxygen atoms in total. The molecule has 0 spiro atoms. The van der Waals surface area contributed by atoms with Crippen molar-refractivity contribution in [3.05, 3.63) is 71.0 Å². The molecular formula is C25H28N6O2. The van der Waals surface area contributed by atoms with Crippen molar-refractivity contribution in [1.82, 2.24) is 30.4 Å². The van der Waals surface area contributed by atoms with Crippen LogP contribution in [0.5, 0.6) is 0 Å². The highest BCUT2D eigenvalue weighted by Crippen LogP contribution is 2.30. The molecule has 2 N–H and O–H groups in total. The molecule has 170 valence electrons. The van der Waals surface area contributed by atoms with Gasteiger partial charge < -0.3 is 5.11 Å². The fraction of sp³-hybridized carbons (Fsp3) is 0.320. The number of aryl methyl sites for hydroxylation is 2. The Morgan fingerprint density at radius 3 is 2.42 bits per heavy atom. The Kier molecular flexibility index (Phi) is 6.92. The summed E-state index contributed by atoms with van der Waals surface area (Å²) in [5, 5.41) is 29.0. The quantitative estimate of drug-likeness (QED) is 0.365. The zero-order valence-corrected chi connectivity index (χ0v) is 19.0. The second-order valence-corrected chi connectivity index (χ2v) is 8.06. The van der Waals surface area contributed by atoms with Crippen LogP contribution in [-0.2, 0) is 19.4 Å². The largest absolute Gasteiger partial charge is 0.477 e. The number of nitrogens with one attached hydrogen (secondary N) is 1. The number of carboxylic acid groups (broad SMARTS) is 1. The van der Waals surface area contributed by atoms with Gasteiger partial charge in [0, 0.05) is 24.1 Å². The predicted molar refractivity (Wildman–Crippen MR) is 126 cm³/mol. The van der Waals surface area contributed by atoms with Crippen molar-refractivity contribution in [2.24, 2.45) is 0 Å². The molecule has 0 amide bonds. The minimum absolute atomic E-state index is 0.314. The molecule has 8 heteroatoms. The van der Waals surface area contributed by atoms with E-state index in [0.717, 1.165) is 59.2 Å². The summed E-state index contributed by atoms with van der Waals surface area (Å²) in [6.07, 6.45) is 4.19. The van der Waals surface area contributed by atoms with Crippen molar-refractivity contribution in [2.45, 2.75) is 52.5 Å². The minimum atomic E-state index is -0.917. The van der Waals surface area contributed by atoms with Gasteiger partial charge in [-0.3, -0.25) is 4.68 Å². The zero-order chi connectivity index (χ0) is 23.2. The standard InChI is InChI=1S/C25H28N6O2/c1-3-5-10-22-21(23(25(32)33)31(28-22)15-4-2)16-17-11-13-18(14-12-17)19-8-6-7-9-20(19)24-26-29-30-27-24/h6-9,11-14H,3-5,10,15-16H2,1-2H3,(H,32,33)(H,26,27,29,30). The van der Waals surface area contributed by atoms with Gasteiger partial charge in [0.1, 0.15) is 5.69 Å². The zero-order valence-electron chi connectivity index (χ0n) is 19.0. The van der Waals surface area contributed by atoms with Crippen LogP contribution in [0.1, 0.15) is 60.4 Å². The van der Waals surface area contributed by atoms with Gasteiger partial charge in [-0.1, -0.05) is 68.8 Å². The average Bonchev–Trinajstić information content (AvgIpc) is 3.47. The van der Waals surface area contributed by atoms with E-state index in [1.165, 1.54) is 0 Å². The minimum Gasteiger partial charge on any atom is -0.477 e. The normalized spacial score (nSPS) is 11.1. The van der Waals surface area contributed by atoms with Crippen LogP contribution in [0.25, 0.3) is 22.5 Å². The van der Waals surface area contributed by atoms with Crippen LogP contribution in [-0.4, -0.2) is 41.5 Å². The van der Waals surface area contributed by atoms with E-state index in [1.807, 2.05) is 31.2 Å². The second kappa shape index (κ2) is 10.2. The number of aromatic carboxylic acids is 1. The van der Waals surface area contributed by atoms with Crippen LogP contribution >= 0.6 is 0 Å². The van der Waals surface area contributed by atoms with Crippen molar-refractivity contribution >= 4 is 5.97 Å². The van der Waals surface area contributed by atoms with Gasteiger partial charge in [0.25, 0.3) is 0 Å². The van der Waals surface area contributed by atoms with Gasteiger partial charge in [0.15, 0.2) is 0 Å². The molecule has 33 heavy (non-hydrogen) atoms. The summed E-state index contributed by atoms with van der Waals surface area (Å²) in [4.78, 5) is 12.1. The van der Waals surface area contributed by atoms with Gasteiger partial charge in [-0.05, 0) is 41.2 Å². The van der Waals surface area contributed by atoms with E-state index in [0.29, 0.717) is 24.5 Å². The highest BCUT2D eigenvalue weighted by Gasteiger charge is 2.23. The van der Waals surface area contributed by atoms with E-state index in [1.54, 1.807) is 4.68 Å². The first-order valence-corrected chi connectivity index (χ1v) is 11.4. The van der Waals surface area contributed by atoms with E-state index < -0.39 is 5.97 Å². The molecule has 0 saturated carbocycles. The molecule has 0 aliphatic carbocycles. The summed E-state index contributed by atoms with van der Waals surface area (Å²) in [6, 6.07) is 16.1. The Bertz CT molecular complexity index is 1210. The highest BCUT2D eigenvalue weighted by atomic mass is 16.4. The third-order valence-electron chi connectivity index (χ3n) is 5.70. The Morgan fingerprint density at radius 1 is 1.03 bits per heavy atom. The third kappa shape index (κ3) is 4.84. The number of unbranched alkanes of at least 4 members (excludes halogenated alkanes) is 1. The number of benzene rings is 2. The SMILES string of the molecule is CCCCc1nn(CCC)c(C(=O)O)c1Cc1ccc(-c2ccccc2-c2nn[nH]n2)cc1. The number of H-pyrrole nitrogens is 1. The lowest BCUT2D eigenvalue weighted by Gasteiger charge is -2.09. The van der Waals surface area contributed by atoms with E-state index in [2.05, 4.69) is 56.9 Å². The van der Waals surface area contributed by atoms with Gasteiger partial charge >= 0.3 is 5.97 Å². The molecule has 0 bridgehead atoms. The maximum Gasteiger partial charge on any atom is 0.354 e. The van der Waals surface area contributed by atoms with Gasteiger partial charge in [-0.25, -0.2) is 4.79 Å². The van der Waals surface area contributed by atoms with Crippen LogP contribution in [0.3, 0.4) is 0 Å². The molecule has 4 aromatic rings. The summed E-state index contributed by atoms with van der Waals surface area (Å²) >= 11 is 0. The highest BCUT2D eigenvalue weighted by molar-refractivity contribution is 5.88. The fourth-order valence-corrected chi connectivity index (χ4v) is 4.10. The first kappa shape index (κ1) is 22.4. The molecular weight excluding hydrogens is 416 g/mol. The first-order chi connectivity index (χ1) is 16.1. The predicted octanol–water partition coefficient (Wildman–Crippen LogP) is 4.77. The van der Waals surface area contributed by atoms with Crippen LogP contribution in [0.2, 0.25) is 0 Å². The Hall–Kier alpha value is -3.81. The fourth-order valence-electron chi connectivity index (χ4n) is 4.10. The van der Waals surface area contributed by atoms with Gasteiger partial charge in [-0.2, -0.15) is 10.3 Å². The molecule has 2 aromatic heterocycles. The van der Waals surface area contributed by atoms with Crippen LogP contribution < -0.4 is 0 Å². The summed E-state index contributed by atoms with van der Waals surface area (Å²) < 4.78 is 1.66. The van der Waals surface area contributed by atoms with E-state index in [4.69, 9.17) is 0 Å². The van der Waals surface area contributed by atoms with Crippen LogP contribution in [0.4, 0.5) is 0 Å². The summed E-state index contributed by atoms with van der Waals surface area (Å²) in [5.74, 6) is -0.371. The number of aromatic amines is 1. The number of carbonyl (C=O) groups is 1. The van der Waals surface area contributed by atoms with E-state index in [9.17, 15) is 9.90 Å². The molecule has 2 aromatic carbocycles. The Morgan fingerprint density at radius 2 is 1.79 bits per heavy atom. The molecule has 0 radical (unpaired) electrons. The lowest BCUT2D eigenvalue weighted by molar-refractivity contribution is 0.0682. The van der Waals surface area contributed by atoms with Gasteiger partial charge in [0.2, 0.25) is 5.82 Å².